The number of halogens is 1. The van der Waals surface area contributed by atoms with E-state index >= 15 is 0 Å². The molecule has 3 atom stereocenters. The van der Waals surface area contributed by atoms with Gasteiger partial charge in [-0.2, -0.15) is 0 Å². The summed E-state index contributed by atoms with van der Waals surface area (Å²) in [6.07, 6.45) is 8.89. The molecule has 1 N–H and O–H groups in total. The van der Waals surface area contributed by atoms with Crippen molar-refractivity contribution in [1.82, 2.24) is 14.9 Å². The summed E-state index contributed by atoms with van der Waals surface area (Å²) in [5.74, 6) is 0.0667. The highest BCUT2D eigenvalue weighted by atomic mass is 79.9. The lowest BCUT2D eigenvalue weighted by atomic mass is 10.1. The van der Waals surface area contributed by atoms with Crippen molar-refractivity contribution >= 4 is 21.8 Å². The zero-order chi connectivity index (χ0) is 11.5. The van der Waals surface area contributed by atoms with Gasteiger partial charge in [-0.1, -0.05) is 15.9 Å². The van der Waals surface area contributed by atoms with Crippen molar-refractivity contribution in [3.05, 3.63) is 18.7 Å². The van der Waals surface area contributed by atoms with Crippen molar-refractivity contribution < 1.29 is 4.79 Å². The van der Waals surface area contributed by atoms with Gasteiger partial charge in [-0.3, -0.25) is 4.79 Å². The summed E-state index contributed by atoms with van der Waals surface area (Å²) >= 11 is 3.28. The number of rotatable bonds is 3. The fourth-order valence-corrected chi connectivity index (χ4v) is 2.36. The Hall–Kier alpha value is -0.840. The van der Waals surface area contributed by atoms with Gasteiger partial charge in [-0.25, -0.2) is 4.98 Å². The van der Waals surface area contributed by atoms with Gasteiger partial charge in [-0.05, 0) is 26.2 Å². The molecule has 5 heteroatoms. The molecular weight excluding hydrogens is 270 g/mol. The van der Waals surface area contributed by atoms with Gasteiger partial charge in [-0.15, -0.1) is 0 Å². The van der Waals surface area contributed by atoms with E-state index in [9.17, 15) is 4.79 Å². The van der Waals surface area contributed by atoms with Crippen LogP contribution in [0.2, 0.25) is 0 Å². The lowest BCUT2D eigenvalue weighted by Gasteiger charge is -2.22. The van der Waals surface area contributed by atoms with E-state index in [4.69, 9.17) is 0 Å². The van der Waals surface area contributed by atoms with E-state index in [1.807, 2.05) is 19.4 Å². The summed E-state index contributed by atoms with van der Waals surface area (Å²) in [7, 11) is 0. The lowest BCUT2D eigenvalue weighted by Crippen LogP contribution is -2.41. The average Bonchev–Trinajstić information content (AvgIpc) is 2.85. The van der Waals surface area contributed by atoms with Crippen molar-refractivity contribution in [3.63, 3.8) is 0 Å². The maximum Gasteiger partial charge on any atom is 0.233 e. The number of aromatic nitrogens is 2. The third-order valence-electron chi connectivity index (χ3n) is 3.08. The van der Waals surface area contributed by atoms with Crippen LogP contribution in [0, 0.1) is 0 Å². The van der Waals surface area contributed by atoms with E-state index < -0.39 is 0 Å². The largest absolute Gasteiger partial charge is 0.350 e. The standard InChI is InChI=1S/C11H16BrN3O/c1-8(12)11(16)14-9-3-2-4-10(9)15-6-5-13-7-15/h5-10H,2-4H2,1H3,(H,14,16). The van der Waals surface area contributed by atoms with Crippen molar-refractivity contribution in [1.29, 1.82) is 0 Å². The van der Waals surface area contributed by atoms with Crippen LogP contribution in [0.4, 0.5) is 0 Å². The first-order chi connectivity index (χ1) is 7.68. The number of amides is 1. The van der Waals surface area contributed by atoms with Gasteiger partial charge < -0.3 is 9.88 Å². The average molecular weight is 286 g/mol. The van der Waals surface area contributed by atoms with Gasteiger partial charge in [0.05, 0.1) is 17.2 Å². The smallest absolute Gasteiger partial charge is 0.233 e. The molecule has 0 spiro atoms. The Labute approximate surface area is 104 Å². The molecule has 88 valence electrons. The predicted octanol–water partition coefficient (Wildman–Crippen LogP) is 1.88. The number of carbonyl (C=O) groups is 1. The molecule has 2 rings (SSSR count). The SMILES string of the molecule is CC(Br)C(=O)NC1CCCC1n1ccnc1. The van der Waals surface area contributed by atoms with Crippen LogP contribution in [0.5, 0.6) is 0 Å². The summed E-state index contributed by atoms with van der Waals surface area (Å²) in [5.41, 5.74) is 0. The molecule has 1 aliphatic carbocycles. The molecule has 1 saturated carbocycles. The number of nitrogens with zero attached hydrogens (tertiary/aromatic N) is 2. The summed E-state index contributed by atoms with van der Waals surface area (Å²) in [6, 6.07) is 0.597. The number of imidazole rings is 1. The van der Waals surface area contributed by atoms with Gasteiger partial charge in [0.1, 0.15) is 0 Å². The lowest BCUT2D eigenvalue weighted by molar-refractivity contribution is -0.121. The van der Waals surface area contributed by atoms with Gasteiger partial charge in [0, 0.05) is 18.4 Å². The molecule has 4 nitrogen and oxygen atoms in total. The highest BCUT2D eigenvalue weighted by molar-refractivity contribution is 9.10. The van der Waals surface area contributed by atoms with Crippen molar-refractivity contribution in [2.24, 2.45) is 0 Å². The van der Waals surface area contributed by atoms with Gasteiger partial charge in [0.15, 0.2) is 0 Å². The Balaban J connectivity index is 2.01. The highest BCUT2D eigenvalue weighted by Crippen LogP contribution is 2.30. The molecule has 1 heterocycles. The summed E-state index contributed by atoms with van der Waals surface area (Å²) in [4.78, 5) is 15.6. The van der Waals surface area contributed by atoms with E-state index in [-0.39, 0.29) is 16.8 Å². The third-order valence-corrected chi connectivity index (χ3v) is 3.49. The number of nitrogens with one attached hydrogen (secondary N) is 1. The van der Waals surface area contributed by atoms with Gasteiger partial charge in [0.25, 0.3) is 0 Å². The van der Waals surface area contributed by atoms with Crippen molar-refractivity contribution in [3.8, 4) is 0 Å². The second kappa shape index (κ2) is 4.99. The molecule has 1 aliphatic rings. The summed E-state index contributed by atoms with van der Waals surface area (Å²) < 4.78 is 2.09. The van der Waals surface area contributed by atoms with E-state index in [1.54, 1.807) is 6.20 Å². The predicted molar refractivity (Wildman–Crippen MR) is 65.4 cm³/mol. The minimum atomic E-state index is -0.128. The minimum absolute atomic E-state index is 0.0667. The molecule has 1 aromatic rings. The van der Waals surface area contributed by atoms with Crippen LogP contribution in [0.3, 0.4) is 0 Å². The topological polar surface area (TPSA) is 46.9 Å². The van der Waals surface area contributed by atoms with E-state index in [2.05, 4.69) is 30.8 Å². The highest BCUT2D eigenvalue weighted by Gasteiger charge is 2.30. The van der Waals surface area contributed by atoms with Crippen molar-refractivity contribution in [2.45, 2.75) is 43.1 Å². The molecule has 16 heavy (non-hydrogen) atoms. The monoisotopic (exact) mass is 285 g/mol. The first-order valence-electron chi connectivity index (χ1n) is 5.60. The zero-order valence-corrected chi connectivity index (χ0v) is 10.9. The second-order valence-corrected chi connectivity index (χ2v) is 5.61. The van der Waals surface area contributed by atoms with Crippen LogP contribution in [-0.4, -0.2) is 26.3 Å². The van der Waals surface area contributed by atoms with Crippen LogP contribution >= 0.6 is 15.9 Å². The van der Waals surface area contributed by atoms with Crippen molar-refractivity contribution in [2.75, 3.05) is 0 Å². The van der Waals surface area contributed by atoms with Crippen LogP contribution in [0.15, 0.2) is 18.7 Å². The maximum absolute atomic E-state index is 11.6. The number of carbonyl (C=O) groups excluding carboxylic acids is 1. The quantitative estimate of drug-likeness (QED) is 0.862. The molecule has 3 unspecified atom stereocenters. The van der Waals surface area contributed by atoms with E-state index in [1.165, 1.54) is 0 Å². The Morgan fingerprint density at radius 3 is 3.06 bits per heavy atom. The Kier molecular flexibility index (Phi) is 3.63. The first kappa shape index (κ1) is 11.6. The van der Waals surface area contributed by atoms with Gasteiger partial charge in [0.2, 0.25) is 5.91 Å². The molecule has 0 radical (unpaired) electrons. The fourth-order valence-electron chi connectivity index (χ4n) is 2.23. The van der Waals surface area contributed by atoms with Crippen LogP contribution < -0.4 is 5.32 Å². The Morgan fingerprint density at radius 1 is 1.62 bits per heavy atom. The maximum atomic E-state index is 11.6. The molecular formula is C11H16BrN3O. The van der Waals surface area contributed by atoms with Crippen LogP contribution in [0.1, 0.15) is 32.2 Å². The second-order valence-electron chi connectivity index (χ2n) is 4.24. The number of hydrogen-bond acceptors (Lipinski definition) is 2. The Morgan fingerprint density at radius 2 is 2.44 bits per heavy atom. The molecule has 0 aliphatic heterocycles. The summed E-state index contributed by atoms with van der Waals surface area (Å²) in [5, 5.41) is 3.08. The van der Waals surface area contributed by atoms with Crippen LogP contribution in [0.25, 0.3) is 0 Å². The van der Waals surface area contributed by atoms with Gasteiger partial charge >= 0.3 is 0 Å². The molecule has 1 fully saturated rings. The normalized spacial score (nSPS) is 26.6. The number of alkyl halides is 1. The first-order valence-corrected chi connectivity index (χ1v) is 6.52. The molecule has 1 aromatic heterocycles. The zero-order valence-electron chi connectivity index (χ0n) is 9.27. The van der Waals surface area contributed by atoms with E-state index in [0.29, 0.717) is 6.04 Å². The summed E-state index contributed by atoms with van der Waals surface area (Å²) in [6.45, 7) is 1.84. The fraction of sp³-hybridized carbons (Fsp3) is 0.636. The van der Waals surface area contributed by atoms with Crippen LogP contribution in [-0.2, 0) is 4.79 Å². The number of hydrogen-bond donors (Lipinski definition) is 1. The Bertz CT molecular complexity index is 350. The molecule has 1 amide bonds. The molecule has 0 bridgehead atoms. The molecule has 0 aromatic carbocycles. The van der Waals surface area contributed by atoms with E-state index in [0.717, 1.165) is 19.3 Å². The third kappa shape index (κ3) is 2.45. The minimum Gasteiger partial charge on any atom is -0.350 e. The molecule has 0 saturated heterocycles.